The van der Waals surface area contributed by atoms with Crippen molar-refractivity contribution in [2.45, 2.75) is 58.6 Å². The molecule has 1 fully saturated rings. The number of rotatable bonds is 6. The Balaban J connectivity index is 0.00000400. The van der Waals surface area contributed by atoms with Gasteiger partial charge in [0.15, 0.2) is 5.96 Å². The number of halogens is 1. The Hall–Kier alpha value is -0.0800. The number of nitrogens with zero attached hydrogens (tertiary/aromatic N) is 1. The first-order chi connectivity index (χ1) is 9.51. The molecule has 0 unspecified atom stereocenters. The molecule has 0 bridgehead atoms. The van der Waals surface area contributed by atoms with Crippen LogP contribution in [0.1, 0.15) is 47.0 Å². The van der Waals surface area contributed by atoms with Crippen molar-refractivity contribution in [1.29, 1.82) is 0 Å². The summed E-state index contributed by atoms with van der Waals surface area (Å²) in [6.07, 6.45) is 3.39. The first kappa shape index (κ1) is 20.9. The number of hydrogen-bond donors (Lipinski definition) is 2. The number of aliphatic imine (C=N–C) groups is 1. The number of guanidine groups is 1. The molecule has 0 spiro atoms. The minimum Gasteiger partial charge on any atom is -0.381 e. The SMILES string of the molecule is CCNC(=NCCCOC1CCOCC1)NC(C)(C)C.I. The summed E-state index contributed by atoms with van der Waals surface area (Å²) in [7, 11) is 0. The van der Waals surface area contributed by atoms with Crippen LogP contribution in [-0.2, 0) is 9.47 Å². The van der Waals surface area contributed by atoms with E-state index in [0.29, 0.717) is 6.10 Å². The molecule has 1 heterocycles. The summed E-state index contributed by atoms with van der Waals surface area (Å²) < 4.78 is 11.1. The predicted octanol–water partition coefficient (Wildman–Crippen LogP) is 2.54. The summed E-state index contributed by atoms with van der Waals surface area (Å²) in [5, 5.41) is 6.64. The summed E-state index contributed by atoms with van der Waals surface area (Å²) in [5.74, 6) is 0.881. The lowest BCUT2D eigenvalue weighted by atomic mass is 10.1. The fraction of sp³-hybridized carbons (Fsp3) is 0.933. The van der Waals surface area contributed by atoms with Gasteiger partial charge in [0, 0.05) is 38.4 Å². The lowest BCUT2D eigenvalue weighted by Gasteiger charge is -2.24. The van der Waals surface area contributed by atoms with Crippen molar-refractivity contribution in [2.24, 2.45) is 4.99 Å². The van der Waals surface area contributed by atoms with Crippen LogP contribution < -0.4 is 10.6 Å². The normalized spacial score (nSPS) is 17.2. The molecule has 21 heavy (non-hydrogen) atoms. The Kier molecular flexibility index (Phi) is 11.4. The van der Waals surface area contributed by atoms with Crippen LogP contribution in [0.5, 0.6) is 0 Å². The third kappa shape index (κ3) is 11.2. The average molecular weight is 413 g/mol. The Morgan fingerprint density at radius 1 is 1.29 bits per heavy atom. The molecular weight excluding hydrogens is 381 g/mol. The summed E-state index contributed by atoms with van der Waals surface area (Å²) in [6, 6.07) is 0. The lowest BCUT2D eigenvalue weighted by Crippen LogP contribution is -2.47. The molecule has 1 aliphatic heterocycles. The van der Waals surface area contributed by atoms with E-state index in [0.717, 1.165) is 58.1 Å². The molecule has 0 atom stereocenters. The molecule has 6 heteroatoms. The van der Waals surface area contributed by atoms with Gasteiger partial charge in [-0.25, -0.2) is 0 Å². The summed E-state index contributed by atoms with van der Waals surface area (Å²) >= 11 is 0. The Morgan fingerprint density at radius 2 is 1.95 bits per heavy atom. The van der Waals surface area contributed by atoms with Gasteiger partial charge in [-0.1, -0.05) is 0 Å². The third-order valence-corrected chi connectivity index (χ3v) is 2.93. The van der Waals surface area contributed by atoms with E-state index in [1.165, 1.54) is 0 Å². The second kappa shape index (κ2) is 11.5. The Bertz CT molecular complexity index is 287. The highest BCUT2D eigenvalue weighted by Crippen LogP contribution is 2.10. The molecule has 1 aliphatic rings. The fourth-order valence-corrected chi connectivity index (χ4v) is 2.01. The number of ether oxygens (including phenoxy) is 2. The average Bonchev–Trinajstić information content (AvgIpc) is 2.38. The molecule has 0 aliphatic carbocycles. The highest BCUT2D eigenvalue weighted by Gasteiger charge is 2.13. The zero-order valence-corrected chi connectivity index (χ0v) is 16.2. The molecule has 0 aromatic heterocycles. The van der Waals surface area contributed by atoms with Crippen LogP contribution in [0.2, 0.25) is 0 Å². The lowest BCUT2D eigenvalue weighted by molar-refractivity contribution is -0.0318. The topological polar surface area (TPSA) is 54.9 Å². The van der Waals surface area contributed by atoms with E-state index >= 15 is 0 Å². The van der Waals surface area contributed by atoms with E-state index in [1.54, 1.807) is 0 Å². The first-order valence-corrected chi connectivity index (χ1v) is 7.77. The van der Waals surface area contributed by atoms with E-state index < -0.39 is 0 Å². The minimum absolute atomic E-state index is 0. The van der Waals surface area contributed by atoms with Gasteiger partial charge >= 0.3 is 0 Å². The van der Waals surface area contributed by atoms with Crippen molar-refractivity contribution in [3.05, 3.63) is 0 Å². The van der Waals surface area contributed by atoms with Gasteiger partial charge in [-0.3, -0.25) is 4.99 Å². The summed E-state index contributed by atoms with van der Waals surface area (Å²) in [6.45, 7) is 12.6. The second-order valence-electron chi connectivity index (χ2n) is 6.17. The van der Waals surface area contributed by atoms with Crippen molar-refractivity contribution in [2.75, 3.05) is 32.9 Å². The van der Waals surface area contributed by atoms with E-state index in [2.05, 4.69) is 43.3 Å². The van der Waals surface area contributed by atoms with E-state index in [4.69, 9.17) is 9.47 Å². The molecule has 1 rings (SSSR count). The third-order valence-electron chi connectivity index (χ3n) is 2.93. The summed E-state index contributed by atoms with van der Waals surface area (Å²) in [4.78, 5) is 4.57. The van der Waals surface area contributed by atoms with Crippen molar-refractivity contribution < 1.29 is 9.47 Å². The van der Waals surface area contributed by atoms with Crippen LogP contribution in [0.25, 0.3) is 0 Å². The molecule has 2 N–H and O–H groups in total. The quantitative estimate of drug-likeness (QED) is 0.304. The molecule has 0 aromatic carbocycles. The molecule has 0 radical (unpaired) electrons. The van der Waals surface area contributed by atoms with Crippen molar-refractivity contribution in [3.8, 4) is 0 Å². The van der Waals surface area contributed by atoms with Gasteiger partial charge in [0.1, 0.15) is 0 Å². The summed E-state index contributed by atoms with van der Waals surface area (Å²) in [5.41, 5.74) is 0.0274. The highest BCUT2D eigenvalue weighted by molar-refractivity contribution is 14.0. The van der Waals surface area contributed by atoms with Crippen molar-refractivity contribution >= 4 is 29.9 Å². The minimum atomic E-state index is 0. The zero-order valence-electron chi connectivity index (χ0n) is 13.9. The molecule has 5 nitrogen and oxygen atoms in total. The molecule has 126 valence electrons. The molecule has 0 amide bonds. The predicted molar refractivity (Wildman–Crippen MR) is 98.7 cm³/mol. The number of nitrogens with one attached hydrogen (secondary N) is 2. The fourth-order valence-electron chi connectivity index (χ4n) is 2.01. The van der Waals surface area contributed by atoms with Gasteiger partial charge < -0.3 is 20.1 Å². The van der Waals surface area contributed by atoms with Crippen LogP contribution in [-0.4, -0.2) is 50.5 Å². The molecule has 0 saturated carbocycles. The monoisotopic (exact) mass is 413 g/mol. The van der Waals surface area contributed by atoms with Crippen LogP contribution in [0.15, 0.2) is 4.99 Å². The molecule has 1 saturated heterocycles. The maximum atomic E-state index is 5.84. The van der Waals surface area contributed by atoms with E-state index in [1.807, 2.05) is 0 Å². The zero-order chi connectivity index (χ0) is 14.8. The maximum Gasteiger partial charge on any atom is 0.191 e. The smallest absolute Gasteiger partial charge is 0.191 e. The highest BCUT2D eigenvalue weighted by atomic mass is 127. The van der Waals surface area contributed by atoms with Gasteiger partial charge in [0.05, 0.1) is 6.10 Å². The van der Waals surface area contributed by atoms with Gasteiger partial charge in [0.25, 0.3) is 0 Å². The standard InChI is InChI=1S/C15H31N3O2.HI/c1-5-16-14(18-15(2,3)4)17-9-6-10-20-13-7-11-19-12-8-13;/h13H,5-12H2,1-4H3,(H2,16,17,18);1H. The Labute approximate surface area is 146 Å². The molecular formula is C15H32IN3O2. The van der Waals surface area contributed by atoms with Crippen LogP contribution in [0.3, 0.4) is 0 Å². The van der Waals surface area contributed by atoms with E-state index in [9.17, 15) is 0 Å². The first-order valence-electron chi connectivity index (χ1n) is 7.77. The number of hydrogen-bond acceptors (Lipinski definition) is 3. The van der Waals surface area contributed by atoms with Crippen LogP contribution >= 0.6 is 24.0 Å². The van der Waals surface area contributed by atoms with Crippen molar-refractivity contribution in [3.63, 3.8) is 0 Å². The van der Waals surface area contributed by atoms with Gasteiger partial charge in [-0.05, 0) is 47.0 Å². The van der Waals surface area contributed by atoms with Crippen LogP contribution in [0, 0.1) is 0 Å². The maximum absolute atomic E-state index is 5.84. The van der Waals surface area contributed by atoms with E-state index in [-0.39, 0.29) is 29.5 Å². The molecule has 0 aromatic rings. The van der Waals surface area contributed by atoms with Crippen LogP contribution in [0.4, 0.5) is 0 Å². The van der Waals surface area contributed by atoms with Gasteiger partial charge in [-0.2, -0.15) is 0 Å². The van der Waals surface area contributed by atoms with Gasteiger partial charge in [-0.15, -0.1) is 24.0 Å². The largest absolute Gasteiger partial charge is 0.381 e. The van der Waals surface area contributed by atoms with Crippen molar-refractivity contribution in [1.82, 2.24) is 10.6 Å². The van der Waals surface area contributed by atoms with Gasteiger partial charge in [0.2, 0.25) is 0 Å². The Morgan fingerprint density at radius 3 is 2.52 bits per heavy atom. The second-order valence-corrected chi connectivity index (χ2v) is 6.17.